The molecule has 1 aromatic carbocycles. The summed E-state index contributed by atoms with van der Waals surface area (Å²) in [4.78, 5) is 12.3. The van der Waals surface area contributed by atoms with Gasteiger partial charge < -0.3 is 10.4 Å². The van der Waals surface area contributed by atoms with Gasteiger partial charge in [-0.25, -0.2) is 0 Å². The fourth-order valence-electron chi connectivity index (χ4n) is 1.79. The minimum Gasteiger partial charge on any atom is -0.394 e. The van der Waals surface area contributed by atoms with E-state index in [2.05, 4.69) is 21.2 Å². The van der Waals surface area contributed by atoms with Crippen LogP contribution in [0.25, 0.3) is 0 Å². The Balaban J connectivity index is 2.04. The van der Waals surface area contributed by atoms with E-state index in [1.54, 1.807) is 0 Å². The molecular weight excluding hydrogens is 282 g/mol. The second-order valence-electron chi connectivity index (χ2n) is 4.71. The molecule has 0 heterocycles. The van der Waals surface area contributed by atoms with E-state index < -0.39 is 0 Å². The molecule has 1 aromatic rings. The first kappa shape index (κ1) is 12.6. The number of benzene rings is 1. The minimum atomic E-state index is -0.319. The Morgan fingerprint density at radius 1 is 1.59 bits per heavy atom. The topological polar surface area (TPSA) is 49.3 Å². The van der Waals surface area contributed by atoms with Gasteiger partial charge in [0.15, 0.2) is 0 Å². The van der Waals surface area contributed by atoms with Crippen LogP contribution in [0.1, 0.15) is 24.9 Å². The zero-order valence-corrected chi connectivity index (χ0v) is 11.3. The average molecular weight is 298 g/mol. The number of aliphatic hydroxyl groups is 1. The maximum Gasteiger partial charge on any atom is 0.227 e. The van der Waals surface area contributed by atoms with Crippen LogP contribution in [0.4, 0.5) is 0 Å². The summed E-state index contributed by atoms with van der Waals surface area (Å²) in [6.45, 7) is 1.85. The van der Waals surface area contributed by atoms with Crippen LogP contribution in [-0.2, 0) is 4.79 Å². The molecule has 92 valence electrons. The van der Waals surface area contributed by atoms with Gasteiger partial charge in [-0.2, -0.15) is 0 Å². The molecule has 2 unspecified atom stereocenters. The van der Waals surface area contributed by atoms with Crippen LogP contribution in [0.3, 0.4) is 0 Å². The third-order valence-corrected chi connectivity index (χ3v) is 4.68. The van der Waals surface area contributed by atoms with Crippen LogP contribution in [0, 0.1) is 5.41 Å². The first-order valence-corrected chi connectivity index (χ1v) is 6.60. The number of halogens is 1. The van der Waals surface area contributed by atoms with Crippen molar-refractivity contribution in [1.82, 2.24) is 5.32 Å². The number of amides is 1. The second kappa shape index (κ2) is 4.78. The van der Waals surface area contributed by atoms with Crippen LogP contribution in [0.2, 0.25) is 0 Å². The summed E-state index contributed by atoms with van der Waals surface area (Å²) in [7, 11) is 0. The van der Waals surface area contributed by atoms with Crippen LogP contribution < -0.4 is 5.32 Å². The number of hydrogen-bond acceptors (Lipinski definition) is 2. The van der Waals surface area contributed by atoms with Crippen molar-refractivity contribution in [3.05, 3.63) is 35.9 Å². The van der Waals surface area contributed by atoms with Crippen molar-refractivity contribution >= 4 is 21.8 Å². The molecule has 2 N–H and O–H groups in total. The molecule has 0 aliphatic heterocycles. The molecule has 0 aromatic heterocycles. The quantitative estimate of drug-likeness (QED) is 0.835. The lowest BCUT2D eigenvalue weighted by Gasteiger charge is -2.19. The predicted octanol–water partition coefficient (Wildman–Crippen LogP) is 2.01. The molecule has 2 rings (SSSR count). The second-order valence-corrected chi connectivity index (χ2v) is 5.81. The van der Waals surface area contributed by atoms with Crippen molar-refractivity contribution in [3.63, 3.8) is 0 Å². The lowest BCUT2D eigenvalue weighted by atomic mass is 10.0. The fourth-order valence-corrected chi connectivity index (χ4v) is 2.67. The van der Waals surface area contributed by atoms with Gasteiger partial charge in [0.2, 0.25) is 5.91 Å². The van der Waals surface area contributed by atoms with E-state index in [1.165, 1.54) is 0 Å². The van der Waals surface area contributed by atoms with Gasteiger partial charge in [0, 0.05) is 4.83 Å². The third kappa shape index (κ3) is 2.53. The third-order valence-electron chi connectivity index (χ3n) is 3.34. The van der Waals surface area contributed by atoms with E-state index in [-0.39, 0.29) is 28.8 Å². The van der Waals surface area contributed by atoms with Gasteiger partial charge in [-0.3, -0.25) is 4.79 Å². The molecule has 17 heavy (non-hydrogen) atoms. The first-order valence-electron chi connectivity index (χ1n) is 5.69. The Kier molecular flexibility index (Phi) is 3.54. The van der Waals surface area contributed by atoms with E-state index in [0.29, 0.717) is 0 Å². The number of carbonyl (C=O) groups is 1. The standard InChI is InChI=1S/C13H16BrNO2/c1-13(7-11(13)14)12(17)15-10(8-16)9-5-3-2-4-6-9/h2-6,10-11,16H,7-8H2,1H3,(H,15,17)/t10-,11?,13?/m0/s1. The van der Waals surface area contributed by atoms with E-state index in [0.717, 1.165) is 12.0 Å². The molecule has 1 aliphatic carbocycles. The Hall–Kier alpha value is -0.870. The maximum atomic E-state index is 12.0. The van der Waals surface area contributed by atoms with Crippen LogP contribution >= 0.6 is 15.9 Å². The highest BCUT2D eigenvalue weighted by Gasteiger charge is 2.54. The van der Waals surface area contributed by atoms with Crippen LogP contribution in [0.15, 0.2) is 30.3 Å². The van der Waals surface area contributed by atoms with Gasteiger partial charge in [0.1, 0.15) is 0 Å². The molecule has 1 saturated carbocycles. The smallest absolute Gasteiger partial charge is 0.227 e. The summed E-state index contributed by atoms with van der Waals surface area (Å²) in [6, 6.07) is 9.20. The van der Waals surface area contributed by atoms with E-state index in [9.17, 15) is 9.90 Å². The number of alkyl halides is 1. The summed E-state index contributed by atoms with van der Waals surface area (Å²) in [6.07, 6.45) is 0.853. The van der Waals surface area contributed by atoms with Crippen LogP contribution in [0.5, 0.6) is 0 Å². The molecule has 1 fully saturated rings. The minimum absolute atomic E-state index is 0.00211. The Bertz CT molecular complexity index is 409. The van der Waals surface area contributed by atoms with Gasteiger partial charge in [-0.1, -0.05) is 46.3 Å². The maximum absolute atomic E-state index is 12.0. The Morgan fingerprint density at radius 3 is 2.65 bits per heavy atom. The first-order chi connectivity index (χ1) is 8.08. The van der Waals surface area contributed by atoms with Gasteiger partial charge >= 0.3 is 0 Å². The largest absolute Gasteiger partial charge is 0.394 e. The summed E-state index contributed by atoms with van der Waals surface area (Å²) in [5.41, 5.74) is 0.612. The molecule has 0 saturated heterocycles. The number of carbonyl (C=O) groups excluding carboxylic acids is 1. The van der Waals surface area contributed by atoms with Crippen molar-refractivity contribution in [2.45, 2.75) is 24.2 Å². The highest BCUT2D eigenvalue weighted by molar-refractivity contribution is 9.09. The van der Waals surface area contributed by atoms with Crippen molar-refractivity contribution in [2.24, 2.45) is 5.41 Å². The lowest BCUT2D eigenvalue weighted by Crippen LogP contribution is -2.36. The van der Waals surface area contributed by atoms with E-state index >= 15 is 0 Å². The molecule has 1 amide bonds. The molecule has 0 spiro atoms. The zero-order chi connectivity index (χ0) is 12.5. The fraction of sp³-hybridized carbons (Fsp3) is 0.462. The summed E-state index contributed by atoms with van der Waals surface area (Å²) in [5, 5.41) is 12.3. The van der Waals surface area contributed by atoms with Gasteiger partial charge in [-0.05, 0) is 18.9 Å². The molecular formula is C13H16BrNO2. The molecule has 3 nitrogen and oxygen atoms in total. The van der Waals surface area contributed by atoms with E-state index in [1.807, 2.05) is 37.3 Å². The highest BCUT2D eigenvalue weighted by atomic mass is 79.9. The van der Waals surface area contributed by atoms with Crippen LogP contribution in [-0.4, -0.2) is 22.4 Å². The van der Waals surface area contributed by atoms with Crippen molar-refractivity contribution in [1.29, 1.82) is 0 Å². The molecule has 0 bridgehead atoms. The van der Waals surface area contributed by atoms with Crippen molar-refractivity contribution in [3.8, 4) is 0 Å². The molecule has 3 atom stereocenters. The van der Waals surface area contributed by atoms with Gasteiger partial charge in [0.25, 0.3) is 0 Å². The molecule has 0 radical (unpaired) electrons. The number of aliphatic hydroxyl groups excluding tert-OH is 1. The Labute approximate surface area is 109 Å². The van der Waals surface area contributed by atoms with Gasteiger partial charge in [-0.15, -0.1) is 0 Å². The van der Waals surface area contributed by atoms with Gasteiger partial charge in [0.05, 0.1) is 18.1 Å². The Morgan fingerprint density at radius 2 is 2.18 bits per heavy atom. The predicted molar refractivity (Wildman–Crippen MR) is 69.9 cm³/mol. The van der Waals surface area contributed by atoms with Crippen molar-refractivity contribution < 1.29 is 9.90 Å². The number of nitrogens with one attached hydrogen (secondary N) is 1. The molecule has 4 heteroatoms. The summed E-state index contributed by atoms with van der Waals surface area (Å²) in [5.74, 6) is 0.00211. The summed E-state index contributed by atoms with van der Waals surface area (Å²) >= 11 is 3.45. The number of hydrogen-bond donors (Lipinski definition) is 2. The van der Waals surface area contributed by atoms with Crippen molar-refractivity contribution in [2.75, 3.05) is 6.61 Å². The molecule has 1 aliphatic rings. The number of rotatable bonds is 4. The summed E-state index contributed by atoms with van der Waals surface area (Å²) < 4.78 is 0. The zero-order valence-electron chi connectivity index (χ0n) is 9.69. The lowest BCUT2D eigenvalue weighted by molar-refractivity contribution is -0.126. The monoisotopic (exact) mass is 297 g/mol. The van der Waals surface area contributed by atoms with E-state index in [4.69, 9.17) is 0 Å². The normalized spacial score (nSPS) is 28.5. The highest BCUT2D eigenvalue weighted by Crippen LogP contribution is 2.51. The SMILES string of the molecule is CC1(C(=O)N[C@@H](CO)c2ccccc2)CC1Br. The average Bonchev–Trinajstić information content (AvgIpc) is 2.96.